The molecule has 0 unspecified atom stereocenters. The number of pyridine rings is 1. The fourth-order valence-corrected chi connectivity index (χ4v) is 3.63. The Morgan fingerprint density at radius 2 is 1.96 bits per heavy atom. The minimum absolute atomic E-state index is 0.0112. The molecule has 0 saturated carbocycles. The van der Waals surface area contributed by atoms with Crippen LogP contribution in [0.4, 0.5) is 11.5 Å². The highest BCUT2D eigenvalue weighted by atomic mass is 16.3. The number of rotatable bonds is 3. The standard InChI is InChI=1S/C20H22N4O3/c25-17-10-14-4-2-1-3-13(14)9-16(17)20(27)23-15-5-6-18(22-11-15)24-8-7-21-19(26)12-24/h5-6,9-11,25H,1-4,7-8,12H2,(H,21,26)(H,23,27). The number of aromatic hydroxyl groups is 1. The molecule has 2 amide bonds. The van der Waals surface area contributed by atoms with Crippen molar-refractivity contribution >= 4 is 23.3 Å². The number of nitrogens with zero attached hydrogens (tertiary/aromatic N) is 2. The van der Waals surface area contributed by atoms with Crippen LogP contribution in [0, 0.1) is 0 Å². The Kier molecular flexibility index (Phi) is 4.66. The van der Waals surface area contributed by atoms with Crippen LogP contribution in [0.5, 0.6) is 5.75 Å². The monoisotopic (exact) mass is 366 g/mol. The van der Waals surface area contributed by atoms with Gasteiger partial charge in [0.1, 0.15) is 11.6 Å². The topological polar surface area (TPSA) is 94.6 Å². The van der Waals surface area contributed by atoms with Gasteiger partial charge in [-0.15, -0.1) is 0 Å². The molecule has 4 rings (SSSR count). The van der Waals surface area contributed by atoms with E-state index in [-0.39, 0.29) is 29.7 Å². The van der Waals surface area contributed by atoms with Crippen LogP contribution in [0.3, 0.4) is 0 Å². The van der Waals surface area contributed by atoms with Crippen molar-refractivity contribution in [3.63, 3.8) is 0 Å². The summed E-state index contributed by atoms with van der Waals surface area (Å²) in [6.45, 7) is 1.58. The third kappa shape index (κ3) is 3.72. The molecule has 2 heterocycles. The normalized spacial score (nSPS) is 16.4. The second-order valence-electron chi connectivity index (χ2n) is 6.98. The van der Waals surface area contributed by atoms with E-state index in [1.54, 1.807) is 30.5 Å². The van der Waals surface area contributed by atoms with Crippen LogP contribution in [0.2, 0.25) is 0 Å². The van der Waals surface area contributed by atoms with E-state index >= 15 is 0 Å². The maximum atomic E-state index is 12.6. The lowest BCUT2D eigenvalue weighted by molar-refractivity contribution is -0.120. The first-order valence-electron chi connectivity index (χ1n) is 9.24. The third-order valence-corrected chi connectivity index (χ3v) is 5.07. The molecule has 0 spiro atoms. The number of benzene rings is 1. The summed E-state index contributed by atoms with van der Waals surface area (Å²) < 4.78 is 0. The van der Waals surface area contributed by atoms with Gasteiger partial charge in [0.05, 0.1) is 24.0 Å². The van der Waals surface area contributed by atoms with Gasteiger partial charge in [0.25, 0.3) is 5.91 Å². The molecule has 27 heavy (non-hydrogen) atoms. The van der Waals surface area contributed by atoms with Crippen molar-refractivity contribution in [3.8, 4) is 5.75 Å². The van der Waals surface area contributed by atoms with E-state index in [1.165, 1.54) is 0 Å². The number of hydrogen-bond acceptors (Lipinski definition) is 5. The van der Waals surface area contributed by atoms with Gasteiger partial charge in [-0.05, 0) is 61.1 Å². The summed E-state index contributed by atoms with van der Waals surface area (Å²) in [5, 5.41) is 15.8. The summed E-state index contributed by atoms with van der Waals surface area (Å²) in [5.74, 6) is 0.327. The van der Waals surface area contributed by atoms with Crippen molar-refractivity contribution in [1.29, 1.82) is 0 Å². The SMILES string of the molecule is O=C1CN(c2ccc(NC(=O)c3cc4c(cc3O)CCCC4)cn2)CCN1. The van der Waals surface area contributed by atoms with E-state index in [1.807, 2.05) is 4.90 Å². The quantitative estimate of drug-likeness (QED) is 0.771. The van der Waals surface area contributed by atoms with Crippen LogP contribution < -0.4 is 15.5 Å². The zero-order valence-electron chi connectivity index (χ0n) is 15.0. The van der Waals surface area contributed by atoms with Crippen LogP contribution in [-0.2, 0) is 17.6 Å². The van der Waals surface area contributed by atoms with Crippen molar-refractivity contribution in [2.45, 2.75) is 25.7 Å². The van der Waals surface area contributed by atoms with Crippen LogP contribution in [0.25, 0.3) is 0 Å². The minimum Gasteiger partial charge on any atom is -0.507 e. The molecular weight excluding hydrogens is 344 g/mol. The van der Waals surface area contributed by atoms with Crippen molar-refractivity contribution in [2.24, 2.45) is 0 Å². The van der Waals surface area contributed by atoms with E-state index in [0.29, 0.717) is 24.6 Å². The molecule has 1 aromatic heterocycles. The molecule has 2 aromatic rings. The van der Waals surface area contributed by atoms with E-state index in [4.69, 9.17) is 0 Å². The van der Waals surface area contributed by atoms with Crippen molar-refractivity contribution in [3.05, 3.63) is 47.2 Å². The summed E-state index contributed by atoms with van der Waals surface area (Å²) in [6.07, 6.45) is 5.68. The smallest absolute Gasteiger partial charge is 0.259 e. The van der Waals surface area contributed by atoms with Gasteiger partial charge in [0, 0.05) is 13.1 Å². The summed E-state index contributed by atoms with van der Waals surface area (Å²) in [6, 6.07) is 7.04. The second kappa shape index (κ2) is 7.26. The second-order valence-corrected chi connectivity index (χ2v) is 6.98. The van der Waals surface area contributed by atoms with E-state index in [2.05, 4.69) is 15.6 Å². The number of nitrogens with one attached hydrogen (secondary N) is 2. The highest BCUT2D eigenvalue weighted by Crippen LogP contribution is 2.29. The van der Waals surface area contributed by atoms with Gasteiger partial charge in [-0.25, -0.2) is 4.98 Å². The van der Waals surface area contributed by atoms with Crippen LogP contribution in [-0.4, -0.2) is 41.5 Å². The highest BCUT2D eigenvalue weighted by molar-refractivity contribution is 6.06. The number of piperazine rings is 1. The summed E-state index contributed by atoms with van der Waals surface area (Å²) in [4.78, 5) is 30.3. The number of anilines is 2. The van der Waals surface area contributed by atoms with Crippen LogP contribution in [0.15, 0.2) is 30.5 Å². The van der Waals surface area contributed by atoms with E-state index in [9.17, 15) is 14.7 Å². The molecule has 1 aliphatic heterocycles. The van der Waals surface area contributed by atoms with Gasteiger partial charge < -0.3 is 20.6 Å². The Hall–Kier alpha value is -3.09. The number of aromatic nitrogens is 1. The maximum Gasteiger partial charge on any atom is 0.259 e. The molecule has 2 aliphatic rings. The Morgan fingerprint density at radius 3 is 2.67 bits per heavy atom. The van der Waals surface area contributed by atoms with Gasteiger partial charge in [0.2, 0.25) is 5.91 Å². The Morgan fingerprint density at radius 1 is 1.19 bits per heavy atom. The van der Waals surface area contributed by atoms with Gasteiger partial charge in [-0.3, -0.25) is 9.59 Å². The lowest BCUT2D eigenvalue weighted by Crippen LogP contribution is -2.48. The first-order chi connectivity index (χ1) is 13.1. The lowest BCUT2D eigenvalue weighted by Gasteiger charge is -2.27. The average Bonchev–Trinajstić information content (AvgIpc) is 2.68. The summed E-state index contributed by atoms with van der Waals surface area (Å²) >= 11 is 0. The zero-order chi connectivity index (χ0) is 18.8. The van der Waals surface area contributed by atoms with Crippen molar-refractivity contribution < 1.29 is 14.7 Å². The fourth-order valence-electron chi connectivity index (χ4n) is 3.63. The van der Waals surface area contributed by atoms with Crippen molar-refractivity contribution in [1.82, 2.24) is 10.3 Å². The van der Waals surface area contributed by atoms with Crippen LogP contribution >= 0.6 is 0 Å². The number of hydrogen-bond donors (Lipinski definition) is 3. The van der Waals surface area contributed by atoms with E-state index < -0.39 is 0 Å². The number of phenolic OH excluding ortho intramolecular Hbond substituents is 1. The number of carbonyl (C=O) groups is 2. The van der Waals surface area contributed by atoms with E-state index in [0.717, 1.165) is 36.8 Å². The predicted molar refractivity (Wildman–Crippen MR) is 102 cm³/mol. The lowest BCUT2D eigenvalue weighted by atomic mass is 9.90. The Balaban J connectivity index is 1.47. The number of amides is 2. The number of carbonyl (C=O) groups excluding carboxylic acids is 2. The average molecular weight is 366 g/mol. The molecule has 1 saturated heterocycles. The largest absolute Gasteiger partial charge is 0.507 e. The minimum atomic E-state index is -0.354. The number of phenols is 1. The van der Waals surface area contributed by atoms with Gasteiger partial charge in [0.15, 0.2) is 0 Å². The Bertz CT molecular complexity index is 880. The highest BCUT2D eigenvalue weighted by Gasteiger charge is 2.19. The molecular formula is C20H22N4O3. The summed E-state index contributed by atoms with van der Waals surface area (Å²) in [5.41, 5.74) is 3.10. The van der Waals surface area contributed by atoms with Gasteiger partial charge in [-0.1, -0.05) is 0 Å². The predicted octanol–water partition coefficient (Wildman–Crippen LogP) is 1.85. The fraction of sp³-hybridized carbons (Fsp3) is 0.350. The first-order valence-corrected chi connectivity index (χ1v) is 9.24. The zero-order valence-corrected chi connectivity index (χ0v) is 15.0. The maximum absolute atomic E-state index is 12.6. The number of aryl methyl sites for hydroxylation is 2. The molecule has 140 valence electrons. The Labute approximate surface area is 157 Å². The molecule has 1 fully saturated rings. The molecule has 7 heteroatoms. The van der Waals surface area contributed by atoms with Gasteiger partial charge >= 0.3 is 0 Å². The molecule has 0 bridgehead atoms. The molecule has 7 nitrogen and oxygen atoms in total. The van der Waals surface area contributed by atoms with Crippen molar-refractivity contribution in [2.75, 3.05) is 29.9 Å². The first kappa shape index (κ1) is 17.3. The number of fused-ring (bicyclic) bond motifs is 1. The molecule has 0 atom stereocenters. The molecule has 3 N–H and O–H groups in total. The van der Waals surface area contributed by atoms with Gasteiger partial charge in [-0.2, -0.15) is 0 Å². The third-order valence-electron chi connectivity index (χ3n) is 5.07. The molecule has 1 aliphatic carbocycles. The molecule has 0 radical (unpaired) electrons. The molecule has 1 aromatic carbocycles. The summed E-state index contributed by atoms with van der Waals surface area (Å²) in [7, 11) is 0. The van der Waals surface area contributed by atoms with Crippen LogP contribution in [0.1, 0.15) is 34.3 Å².